The van der Waals surface area contributed by atoms with Crippen molar-refractivity contribution in [2.45, 2.75) is 43.7 Å². The van der Waals surface area contributed by atoms with Crippen LogP contribution in [0, 0.1) is 0 Å². The Kier molecular flexibility index (Phi) is 6.46. The smallest absolute Gasteiger partial charge is 0.325 e. The molecule has 1 aliphatic carbocycles. The van der Waals surface area contributed by atoms with Gasteiger partial charge in [0.2, 0.25) is 15.9 Å². The highest BCUT2D eigenvalue weighted by atomic mass is 32.2. The number of nitrogens with zero attached hydrogens (tertiary/aromatic N) is 2. The number of imide groups is 1. The lowest BCUT2D eigenvalue weighted by Gasteiger charge is -2.22. The van der Waals surface area contributed by atoms with Crippen molar-refractivity contribution in [1.82, 2.24) is 19.8 Å². The molecule has 1 atom stereocenters. The predicted molar refractivity (Wildman–Crippen MR) is 125 cm³/mol. The average Bonchev–Trinajstić information content (AvgIpc) is 3.31. The first-order valence-corrected chi connectivity index (χ1v) is 12.7. The zero-order chi connectivity index (χ0) is 24.5. The van der Waals surface area contributed by atoms with Crippen LogP contribution in [0.3, 0.4) is 0 Å². The first-order chi connectivity index (χ1) is 16.2. The highest BCUT2D eigenvalue weighted by Gasteiger charge is 2.55. The normalized spacial score (nSPS) is 19.6. The molecule has 10 heteroatoms. The number of carbonyl (C=O) groups is 3. The van der Waals surface area contributed by atoms with E-state index in [0.717, 1.165) is 16.0 Å². The molecule has 2 aliphatic rings. The molecule has 1 spiro atoms. The summed E-state index contributed by atoms with van der Waals surface area (Å²) in [5.74, 6) is -0.893. The Hall–Kier alpha value is -3.24. The van der Waals surface area contributed by atoms with Crippen LogP contribution >= 0.6 is 0 Å². The van der Waals surface area contributed by atoms with Gasteiger partial charge in [0.25, 0.3) is 5.91 Å². The fourth-order valence-electron chi connectivity index (χ4n) is 4.63. The summed E-state index contributed by atoms with van der Waals surface area (Å²) in [5, 5.41) is 5.50. The number of carbonyl (C=O) groups excluding carboxylic acids is 3. The largest absolute Gasteiger partial charge is 0.350 e. The molecule has 2 aromatic carbocycles. The maximum Gasteiger partial charge on any atom is 0.325 e. The topological polar surface area (TPSA) is 116 Å². The lowest BCUT2D eigenvalue weighted by atomic mass is 9.92. The Bertz CT molecular complexity index is 1220. The van der Waals surface area contributed by atoms with Crippen LogP contribution in [0.25, 0.3) is 0 Å². The quantitative estimate of drug-likeness (QED) is 0.554. The van der Waals surface area contributed by atoms with Gasteiger partial charge in [-0.2, -0.15) is 4.31 Å². The molecule has 9 nitrogen and oxygen atoms in total. The van der Waals surface area contributed by atoms with E-state index in [1.54, 1.807) is 26.0 Å². The number of sulfonamides is 1. The van der Waals surface area contributed by atoms with Gasteiger partial charge in [0, 0.05) is 19.6 Å². The molecule has 1 saturated heterocycles. The molecule has 2 aromatic rings. The van der Waals surface area contributed by atoms with Crippen LogP contribution in [0.1, 0.15) is 37.0 Å². The summed E-state index contributed by atoms with van der Waals surface area (Å²) in [4.78, 5) is 39.4. The van der Waals surface area contributed by atoms with Crippen molar-refractivity contribution >= 4 is 27.9 Å². The number of rotatable bonds is 8. The molecule has 1 heterocycles. The van der Waals surface area contributed by atoms with E-state index >= 15 is 0 Å². The Morgan fingerprint density at radius 3 is 2.44 bits per heavy atom. The van der Waals surface area contributed by atoms with Crippen LogP contribution < -0.4 is 10.6 Å². The SMILES string of the molecule is CCN(CC)S(=O)(=O)c1ccc(CNC(=O)CN2C(=O)N[C@]3(CCc4ccccc43)C2=O)cc1. The Morgan fingerprint density at radius 1 is 1.09 bits per heavy atom. The van der Waals surface area contributed by atoms with E-state index in [1.807, 2.05) is 24.3 Å². The molecule has 2 N–H and O–H groups in total. The van der Waals surface area contributed by atoms with Crippen molar-refractivity contribution in [3.8, 4) is 0 Å². The van der Waals surface area contributed by atoms with Gasteiger partial charge in [0.15, 0.2) is 0 Å². The average molecular weight is 485 g/mol. The van der Waals surface area contributed by atoms with Gasteiger partial charge in [-0.25, -0.2) is 13.2 Å². The standard InChI is InChI=1S/C24H28N4O5S/c1-3-27(4-2)34(32,33)19-11-9-17(10-12-19)15-25-21(29)16-28-22(30)24(26-23(28)31)14-13-18-7-5-6-8-20(18)24/h5-12H,3-4,13-16H2,1-2H3,(H,25,29)(H,26,31)/t24-/m0/s1. The van der Waals surface area contributed by atoms with Crippen LogP contribution in [0.15, 0.2) is 53.4 Å². The van der Waals surface area contributed by atoms with Gasteiger partial charge in [0.05, 0.1) is 4.90 Å². The summed E-state index contributed by atoms with van der Waals surface area (Å²) in [6, 6.07) is 13.2. The number of benzene rings is 2. The number of urea groups is 1. The highest BCUT2D eigenvalue weighted by Crippen LogP contribution is 2.41. The van der Waals surface area contributed by atoms with Crippen molar-refractivity contribution in [2.24, 2.45) is 0 Å². The number of fused-ring (bicyclic) bond motifs is 2. The number of hydrogen-bond donors (Lipinski definition) is 2. The molecular weight excluding hydrogens is 456 g/mol. The first kappa shape index (κ1) is 23.9. The minimum absolute atomic E-state index is 0.141. The van der Waals surface area contributed by atoms with Gasteiger partial charge in [-0.1, -0.05) is 50.2 Å². The Morgan fingerprint density at radius 2 is 1.76 bits per heavy atom. The molecule has 180 valence electrons. The van der Waals surface area contributed by atoms with E-state index in [0.29, 0.717) is 31.5 Å². The lowest BCUT2D eigenvalue weighted by molar-refractivity contribution is -0.135. The summed E-state index contributed by atoms with van der Waals surface area (Å²) in [5.41, 5.74) is 1.41. The van der Waals surface area contributed by atoms with E-state index in [9.17, 15) is 22.8 Å². The van der Waals surface area contributed by atoms with E-state index in [1.165, 1.54) is 16.4 Å². The van der Waals surface area contributed by atoms with Crippen molar-refractivity contribution in [3.05, 3.63) is 65.2 Å². The van der Waals surface area contributed by atoms with Crippen LogP contribution in [-0.4, -0.2) is 55.1 Å². The summed E-state index contributed by atoms with van der Waals surface area (Å²) < 4.78 is 26.6. The molecule has 1 fully saturated rings. The van der Waals surface area contributed by atoms with Gasteiger partial charge >= 0.3 is 6.03 Å². The zero-order valence-electron chi connectivity index (χ0n) is 19.2. The van der Waals surface area contributed by atoms with E-state index in [-0.39, 0.29) is 18.0 Å². The zero-order valence-corrected chi connectivity index (χ0v) is 20.0. The van der Waals surface area contributed by atoms with Gasteiger partial charge in [0.1, 0.15) is 12.1 Å². The van der Waals surface area contributed by atoms with Crippen LogP contribution in [-0.2, 0) is 38.1 Å². The highest BCUT2D eigenvalue weighted by molar-refractivity contribution is 7.89. The number of hydrogen-bond acceptors (Lipinski definition) is 5. The summed E-state index contributed by atoms with van der Waals surface area (Å²) >= 11 is 0. The van der Waals surface area contributed by atoms with Gasteiger partial charge in [-0.05, 0) is 41.7 Å². The number of amides is 4. The molecule has 0 aromatic heterocycles. The molecule has 4 rings (SSSR count). The minimum Gasteiger partial charge on any atom is -0.350 e. The van der Waals surface area contributed by atoms with Crippen LogP contribution in [0.2, 0.25) is 0 Å². The summed E-state index contributed by atoms with van der Waals surface area (Å²) in [6.45, 7) is 4.08. The lowest BCUT2D eigenvalue weighted by Crippen LogP contribution is -2.43. The predicted octanol–water partition coefficient (Wildman–Crippen LogP) is 1.73. The summed E-state index contributed by atoms with van der Waals surface area (Å²) in [7, 11) is -3.55. The second kappa shape index (κ2) is 9.19. The number of aryl methyl sites for hydroxylation is 1. The second-order valence-corrected chi connectivity index (χ2v) is 10.3. The monoisotopic (exact) mass is 484 g/mol. The molecule has 1 aliphatic heterocycles. The van der Waals surface area contributed by atoms with Crippen LogP contribution in [0.4, 0.5) is 4.79 Å². The van der Waals surface area contributed by atoms with E-state index in [2.05, 4.69) is 10.6 Å². The minimum atomic E-state index is -3.55. The Balaban J connectivity index is 1.38. The van der Waals surface area contributed by atoms with Gasteiger partial charge in [-0.3, -0.25) is 14.5 Å². The van der Waals surface area contributed by atoms with Crippen molar-refractivity contribution in [1.29, 1.82) is 0 Å². The van der Waals surface area contributed by atoms with Crippen molar-refractivity contribution < 1.29 is 22.8 Å². The summed E-state index contributed by atoms with van der Waals surface area (Å²) in [6.07, 6.45) is 1.15. The Labute approximate surface area is 199 Å². The third-order valence-electron chi connectivity index (χ3n) is 6.48. The molecule has 0 saturated carbocycles. The maximum atomic E-state index is 13.2. The molecular formula is C24H28N4O5S. The van der Waals surface area contributed by atoms with E-state index < -0.39 is 33.4 Å². The third-order valence-corrected chi connectivity index (χ3v) is 8.54. The fraction of sp³-hybridized carbons (Fsp3) is 0.375. The third kappa shape index (κ3) is 4.07. The van der Waals surface area contributed by atoms with Crippen LogP contribution in [0.5, 0.6) is 0 Å². The molecule has 0 unspecified atom stereocenters. The van der Waals surface area contributed by atoms with Crippen molar-refractivity contribution in [2.75, 3.05) is 19.6 Å². The molecule has 0 radical (unpaired) electrons. The molecule has 0 bridgehead atoms. The maximum absolute atomic E-state index is 13.2. The van der Waals surface area contributed by atoms with Crippen molar-refractivity contribution in [3.63, 3.8) is 0 Å². The van der Waals surface area contributed by atoms with Gasteiger partial charge < -0.3 is 10.6 Å². The second-order valence-electron chi connectivity index (χ2n) is 8.39. The molecule has 34 heavy (non-hydrogen) atoms. The number of nitrogens with one attached hydrogen (secondary N) is 2. The van der Waals surface area contributed by atoms with E-state index in [4.69, 9.17) is 0 Å². The van der Waals surface area contributed by atoms with Gasteiger partial charge in [-0.15, -0.1) is 0 Å². The molecule has 4 amide bonds. The first-order valence-electron chi connectivity index (χ1n) is 11.3. The fourth-order valence-corrected chi connectivity index (χ4v) is 6.08.